The van der Waals surface area contributed by atoms with Gasteiger partial charge in [-0.05, 0) is 152 Å². The summed E-state index contributed by atoms with van der Waals surface area (Å²) >= 11 is 0. The van der Waals surface area contributed by atoms with E-state index in [1.807, 2.05) is 44.7 Å². The van der Waals surface area contributed by atoms with E-state index in [2.05, 4.69) is 62.8 Å². The zero-order chi connectivity index (χ0) is 52.2. The molecule has 3 N–H and O–H groups in total. The molecule has 3 aromatic heterocycles. The lowest BCUT2D eigenvalue weighted by Crippen LogP contribution is -2.58. The number of carbonyl (C=O) groups is 5. The number of anilines is 4. The number of pyridine rings is 2. The maximum Gasteiger partial charge on any atom is 0.238 e. The van der Waals surface area contributed by atoms with Crippen LogP contribution < -0.4 is 20.9 Å². The van der Waals surface area contributed by atoms with Gasteiger partial charge in [0.15, 0.2) is 11.6 Å². The fourth-order valence-corrected chi connectivity index (χ4v) is 13.8. The molecule has 16 nitrogen and oxygen atoms in total. The van der Waals surface area contributed by atoms with Gasteiger partial charge >= 0.3 is 0 Å². The molecule has 1 unspecified atom stereocenters. The number of aromatic nitrogens is 4. The number of hydrogen-bond donors (Lipinski definition) is 3. The molecule has 2 saturated carbocycles. The van der Waals surface area contributed by atoms with Gasteiger partial charge in [-0.15, -0.1) is 0 Å². The highest BCUT2D eigenvalue weighted by atomic mass is 19.1. The third-order valence-corrected chi connectivity index (χ3v) is 18.3. The molecule has 398 valence electrons. The number of piperidine rings is 4. The number of rotatable bonds is 11. The Morgan fingerprint density at radius 2 is 1.50 bits per heavy atom. The number of hydrogen-bond acceptors (Lipinski definition) is 11. The van der Waals surface area contributed by atoms with Crippen LogP contribution in [0.5, 0.6) is 0 Å². The van der Waals surface area contributed by atoms with Crippen LogP contribution in [-0.2, 0) is 29.4 Å². The highest BCUT2D eigenvalue weighted by Crippen LogP contribution is 2.52. The summed E-state index contributed by atoms with van der Waals surface area (Å²) in [5, 5.41) is 9.32. The van der Waals surface area contributed by atoms with E-state index in [1.54, 1.807) is 18.6 Å². The summed E-state index contributed by atoms with van der Waals surface area (Å²) in [7, 11) is 0. The Kier molecular flexibility index (Phi) is 13.6. The predicted octanol–water partition coefficient (Wildman–Crippen LogP) is 8.61. The Balaban J connectivity index is 0.699. The van der Waals surface area contributed by atoms with E-state index in [4.69, 9.17) is 9.97 Å². The standard InChI is InChI=1S/C59H70FN11O5/c1-36(2)70-35-62-50-33-49(65-54(53(50)70)64-48-18-23-61-34-47(48)60)40-10-16-46-51(30-40)71(44-31-43(32-44)67-24-4-3-5-25-67)58(76)59(46)21-28-69(29-22-59)57(75)39-19-26-68(27-20-39)56(74)38-8-13-42(14-9-38)63-41-11-6-37(7-12-41)45-15-17-52(72)66-55(45)73/h6-7,10-12,16,18,23,30,33-36,38-39,42-45,63H,3-5,8-9,13-15,17,19-22,24-29,31-32H2,1-2H3,(H,61,64,65)(H,66,72,73)/t38-,42-,43-,44+,45?. The van der Waals surface area contributed by atoms with Crippen molar-refractivity contribution in [2.24, 2.45) is 11.8 Å². The van der Waals surface area contributed by atoms with Crippen LogP contribution in [-0.4, -0.2) is 121 Å². The highest BCUT2D eigenvalue weighted by molar-refractivity contribution is 6.09. The topological polar surface area (TPSA) is 178 Å². The second-order valence-corrected chi connectivity index (χ2v) is 23.1. The molecule has 1 spiro atoms. The number of imidazole rings is 1. The molecule has 2 aromatic carbocycles. The second kappa shape index (κ2) is 20.7. The molecule has 12 rings (SSSR count). The minimum Gasteiger partial charge on any atom is -0.382 e. The van der Waals surface area contributed by atoms with Gasteiger partial charge in [0.25, 0.3) is 0 Å². The summed E-state index contributed by atoms with van der Waals surface area (Å²) in [4.78, 5) is 90.0. The molecule has 17 heteroatoms. The number of nitrogens with zero attached hydrogens (tertiary/aromatic N) is 8. The van der Waals surface area contributed by atoms with Crippen molar-refractivity contribution in [1.82, 2.24) is 39.5 Å². The van der Waals surface area contributed by atoms with E-state index in [-0.39, 0.29) is 71.1 Å². The van der Waals surface area contributed by atoms with Crippen LogP contribution in [0.15, 0.2) is 73.3 Å². The summed E-state index contributed by atoms with van der Waals surface area (Å²) in [5.41, 5.74) is 6.35. The van der Waals surface area contributed by atoms with Crippen molar-refractivity contribution < 1.29 is 28.4 Å². The third kappa shape index (κ3) is 9.39. The Bertz CT molecular complexity index is 3030. The van der Waals surface area contributed by atoms with Crippen LogP contribution in [0.4, 0.5) is 27.3 Å². The average molecular weight is 1030 g/mol. The fraction of sp³-hybridized carbons (Fsp3) is 0.525. The SMILES string of the molecule is CC(C)n1cnc2cc(-c3ccc4c(c3)N([C@H]3C[C@@H](N5CCCCC5)C3)C(=O)C43CCN(C(=O)C4CCN(C(=O)[C@H]5CC[C@H](Nc6ccc(C7CCC(=O)NC7=O)cc6)CC5)CC4)CC3)nc(Nc3ccncc3F)c21. The van der Waals surface area contributed by atoms with Gasteiger partial charge in [0.05, 0.1) is 40.8 Å². The molecule has 6 fully saturated rings. The lowest BCUT2D eigenvalue weighted by atomic mass is 9.73. The van der Waals surface area contributed by atoms with Crippen molar-refractivity contribution in [3.05, 3.63) is 90.3 Å². The lowest BCUT2D eigenvalue weighted by molar-refractivity contribution is -0.144. The Morgan fingerprint density at radius 3 is 2.20 bits per heavy atom. The van der Waals surface area contributed by atoms with Crippen LogP contribution in [0.25, 0.3) is 22.3 Å². The first-order valence-corrected chi connectivity index (χ1v) is 28.2. The summed E-state index contributed by atoms with van der Waals surface area (Å²) in [5.74, 6) is -0.463. The second-order valence-electron chi connectivity index (χ2n) is 23.1. The van der Waals surface area contributed by atoms with Gasteiger partial charge in [-0.3, -0.25) is 34.3 Å². The Hall–Kier alpha value is -6.75. The van der Waals surface area contributed by atoms with E-state index in [0.717, 1.165) is 90.7 Å². The summed E-state index contributed by atoms with van der Waals surface area (Å²) in [6, 6.07) is 18.7. The van der Waals surface area contributed by atoms with Gasteiger partial charge in [-0.25, -0.2) is 14.4 Å². The molecule has 5 aromatic rings. The Morgan fingerprint density at radius 1 is 0.789 bits per heavy atom. The quantitative estimate of drug-likeness (QED) is 0.108. The van der Waals surface area contributed by atoms with Gasteiger partial charge in [0.1, 0.15) is 5.52 Å². The van der Waals surface area contributed by atoms with Crippen molar-refractivity contribution in [3.63, 3.8) is 0 Å². The zero-order valence-electron chi connectivity index (χ0n) is 43.8. The van der Waals surface area contributed by atoms with Gasteiger partial charge in [0.2, 0.25) is 29.5 Å². The Labute approximate surface area is 443 Å². The molecular formula is C59H70FN11O5. The van der Waals surface area contributed by atoms with E-state index in [9.17, 15) is 19.2 Å². The van der Waals surface area contributed by atoms with Crippen LogP contribution in [0.1, 0.15) is 133 Å². The molecular weight excluding hydrogens is 962 g/mol. The molecule has 5 aliphatic heterocycles. The van der Waals surface area contributed by atoms with Crippen LogP contribution in [0.3, 0.4) is 0 Å². The fourth-order valence-electron chi connectivity index (χ4n) is 13.8. The highest BCUT2D eigenvalue weighted by Gasteiger charge is 2.56. The molecule has 76 heavy (non-hydrogen) atoms. The smallest absolute Gasteiger partial charge is 0.238 e. The van der Waals surface area contributed by atoms with Crippen molar-refractivity contribution in [1.29, 1.82) is 0 Å². The third-order valence-electron chi connectivity index (χ3n) is 18.3. The predicted molar refractivity (Wildman–Crippen MR) is 288 cm³/mol. The summed E-state index contributed by atoms with van der Waals surface area (Å²) in [6.45, 7) is 8.53. The van der Waals surface area contributed by atoms with Crippen molar-refractivity contribution in [3.8, 4) is 11.3 Å². The largest absolute Gasteiger partial charge is 0.382 e. The summed E-state index contributed by atoms with van der Waals surface area (Å²) < 4.78 is 17.1. The molecule has 4 saturated heterocycles. The molecule has 1 atom stereocenters. The van der Waals surface area contributed by atoms with Crippen LogP contribution in [0.2, 0.25) is 0 Å². The van der Waals surface area contributed by atoms with Gasteiger partial charge in [-0.2, -0.15) is 0 Å². The molecule has 5 amide bonds. The van der Waals surface area contributed by atoms with Gasteiger partial charge in [0, 0.05) is 91.7 Å². The first-order chi connectivity index (χ1) is 36.9. The lowest BCUT2D eigenvalue weighted by Gasteiger charge is -2.48. The van der Waals surface area contributed by atoms with E-state index < -0.39 is 11.2 Å². The van der Waals surface area contributed by atoms with E-state index in [1.165, 1.54) is 25.5 Å². The average Bonchev–Trinajstić information content (AvgIpc) is 4.00. The maximum absolute atomic E-state index is 15.3. The van der Waals surface area contributed by atoms with E-state index in [0.29, 0.717) is 82.3 Å². The maximum atomic E-state index is 15.3. The monoisotopic (exact) mass is 1030 g/mol. The number of halogens is 1. The summed E-state index contributed by atoms with van der Waals surface area (Å²) in [6.07, 6.45) is 16.8. The first kappa shape index (κ1) is 50.1. The first-order valence-electron chi connectivity index (χ1n) is 28.2. The number of likely N-dealkylation sites (tertiary alicyclic amines) is 3. The van der Waals surface area contributed by atoms with E-state index >= 15 is 9.18 Å². The molecule has 8 heterocycles. The van der Waals surface area contributed by atoms with Gasteiger partial charge < -0.3 is 34.8 Å². The molecule has 0 bridgehead atoms. The van der Waals surface area contributed by atoms with Crippen molar-refractivity contribution in [2.75, 3.05) is 54.8 Å². The number of carbonyl (C=O) groups excluding carboxylic acids is 5. The van der Waals surface area contributed by atoms with Crippen molar-refractivity contribution >= 4 is 63.4 Å². The normalized spacial score (nSPS) is 25.2. The minimum atomic E-state index is -0.744. The number of imide groups is 1. The number of nitrogens with one attached hydrogen (secondary N) is 3. The van der Waals surface area contributed by atoms with Crippen LogP contribution in [0, 0.1) is 17.7 Å². The zero-order valence-corrected chi connectivity index (χ0v) is 43.8. The number of benzene rings is 2. The van der Waals surface area contributed by atoms with Crippen LogP contribution >= 0.6 is 0 Å². The van der Waals surface area contributed by atoms with Gasteiger partial charge in [-0.1, -0.05) is 30.7 Å². The minimum absolute atomic E-state index is 0.0240. The molecule has 0 radical (unpaired) electrons. The van der Waals surface area contributed by atoms with Crippen molar-refractivity contribution in [2.45, 2.75) is 146 Å². The number of fused-ring (bicyclic) bond motifs is 3. The molecule has 2 aliphatic carbocycles. The molecule has 7 aliphatic rings. The number of amides is 5.